The molecule has 20 heavy (non-hydrogen) atoms. The molecule has 1 aromatic rings. The van der Waals surface area contributed by atoms with E-state index in [4.69, 9.17) is 5.11 Å². The zero-order valence-electron chi connectivity index (χ0n) is 11.0. The Bertz CT molecular complexity index is 483. The number of carboxylic acid groups (broad SMARTS) is 1. The second kappa shape index (κ2) is 6.74. The van der Waals surface area contributed by atoms with E-state index in [1.807, 2.05) is 6.20 Å². The number of carbonyl (C=O) groups is 2. The van der Waals surface area contributed by atoms with Gasteiger partial charge in [0.25, 0.3) is 0 Å². The highest BCUT2D eigenvalue weighted by Gasteiger charge is 2.26. The Labute approximate surface area is 125 Å². The smallest absolute Gasteiger partial charge is 0.317 e. The van der Waals surface area contributed by atoms with Crippen molar-refractivity contribution in [1.29, 1.82) is 0 Å². The van der Waals surface area contributed by atoms with Crippen molar-refractivity contribution in [2.75, 3.05) is 19.6 Å². The van der Waals surface area contributed by atoms with Gasteiger partial charge < -0.3 is 15.3 Å². The van der Waals surface area contributed by atoms with Crippen LogP contribution in [0.2, 0.25) is 0 Å². The third kappa shape index (κ3) is 3.96. The monoisotopic (exact) mass is 344 g/mol. The van der Waals surface area contributed by atoms with Gasteiger partial charge in [-0.15, -0.1) is 0 Å². The molecule has 0 unspecified atom stereocenters. The average molecular weight is 345 g/mol. The van der Waals surface area contributed by atoms with Crippen molar-refractivity contribution in [1.82, 2.24) is 20.0 Å². The third-order valence-electron chi connectivity index (χ3n) is 3.35. The molecule has 0 radical (unpaired) electrons. The van der Waals surface area contributed by atoms with E-state index in [0.29, 0.717) is 39.0 Å². The molecule has 1 aliphatic heterocycles. The largest absolute Gasteiger partial charge is 0.481 e. The number of halogens is 1. The lowest BCUT2D eigenvalue weighted by atomic mass is 9.97. The van der Waals surface area contributed by atoms with Crippen LogP contribution in [0.3, 0.4) is 0 Å². The summed E-state index contributed by atoms with van der Waals surface area (Å²) in [5, 5.41) is 15.8. The Morgan fingerprint density at radius 1 is 1.45 bits per heavy atom. The Balaban J connectivity index is 1.69. The summed E-state index contributed by atoms with van der Waals surface area (Å²) in [5.41, 5.74) is 0. The predicted molar refractivity (Wildman–Crippen MR) is 75.3 cm³/mol. The predicted octanol–water partition coefficient (Wildman–Crippen LogP) is 1.15. The lowest BCUT2D eigenvalue weighted by molar-refractivity contribution is -0.143. The van der Waals surface area contributed by atoms with Gasteiger partial charge >= 0.3 is 12.0 Å². The molecule has 0 spiro atoms. The molecule has 1 saturated heterocycles. The normalized spacial score (nSPS) is 16.1. The fourth-order valence-electron chi connectivity index (χ4n) is 2.18. The molecule has 1 fully saturated rings. The van der Waals surface area contributed by atoms with Crippen molar-refractivity contribution < 1.29 is 14.7 Å². The maximum Gasteiger partial charge on any atom is 0.317 e. The van der Waals surface area contributed by atoms with E-state index >= 15 is 0 Å². The van der Waals surface area contributed by atoms with Crippen molar-refractivity contribution in [3.8, 4) is 0 Å². The van der Waals surface area contributed by atoms with Crippen molar-refractivity contribution in [3.63, 3.8) is 0 Å². The average Bonchev–Trinajstić information content (AvgIpc) is 2.84. The summed E-state index contributed by atoms with van der Waals surface area (Å²) in [4.78, 5) is 24.4. The Kier molecular flexibility index (Phi) is 4.99. The summed E-state index contributed by atoms with van der Waals surface area (Å²) < 4.78 is 2.64. The molecular weight excluding hydrogens is 328 g/mol. The van der Waals surface area contributed by atoms with Gasteiger partial charge in [0.05, 0.1) is 23.1 Å². The number of hydrogen-bond acceptors (Lipinski definition) is 3. The van der Waals surface area contributed by atoms with E-state index < -0.39 is 5.97 Å². The molecular formula is C12H17BrN4O3. The third-order valence-corrected chi connectivity index (χ3v) is 3.76. The Morgan fingerprint density at radius 3 is 2.70 bits per heavy atom. The van der Waals surface area contributed by atoms with Crippen molar-refractivity contribution in [2.24, 2.45) is 5.92 Å². The van der Waals surface area contributed by atoms with Crippen molar-refractivity contribution >= 4 is 27.9 Å². The topological polar surface area (TPSA) is 87.5 Å². The number of hydrogen-bond donors (Lipinski definition) is 2. The van der Waals surface area contributed by atoms with E-state index in [1.165, 1.54) is 0 Å². The van der Waals surface area contributed by atoms with Crippen molar-refractivity contribution in [3.05, 3.63) is 16.9 Å². The molecule has 110 valence electrons. The van der Waals surface area contributed by atoms with Crippen LogP contribution in [0.4, 0.5) is 4.79 Å². The highest BCUT2D eigenvalue weighted by Crippen LogP contribution is 2.17. The first-order chi connectivity index (χ1) is 9.56. The zero-order chi connectivity index (χ0) is 14.5. The van der Waals surface area contributed by atoms with Crippen LogP contribution in [-0.2, 0) is 11.3 Å². The first-order valence-electron chi connectivity index (χ1n) is 6.50. The van der Waals surface area contributed by atoms with E-state index in [1.54, 1.807) is 15.8 Å². The minimum absolute atomic E-state index is 0.139. The van der Waals surface area contributed by atoms with Crippen LogP contribution in [0.25, 0.3) is 0 Å². The molecule has 0 atom stereocenters. The Hall–Kier alpha value is -1.57. The summed E-state index contributed by atoms with van der Waals surface area (Å²) in [6.07, 6.45) is 4.58. The number of carboxylic acids is 1. The lowest BCUT2D eigenvalue weighted by Crippen LogP contribution is -2.46. The summed E-state index contributed by atoms with van der Waals surface area (Å²) in [6.45, 7) is 2.08. The van der Waals surface area contributed by atoms with Gasteiger partial charge in [-0.05, 0) is 28.8 Å². The Morgan fingerprint density at radius 2 is 2.15 bits per heavy atom. The van der Waals surface area contributed by atoms with Crippen LogP contribution >= 0.6 is 15.9 Å². The van der Waals surface area contributed by atoms with Gasteiger partial charge in [-0.25, -0.2) is 4.79 Å². The fraction of sp³-hybridized carbons (Fsp3) is 0.583. The number of likely N-dealkylation sites (tertiary alicyclic amines) is 1. The van der Waals surface area contributed by atoms with Crippen molar-refractivity contribution in [2.45, 2.75) is 19.4 Å². The molecule has 1 aromatic heterocycles. The molecule has 1 aliphatic rings. The quantitative estimate of drug-likeness (QED) is 0.857. The maximum absolute atomic E-state index is 11.9. The van der Waals surface area contributed by atoms with Crippen LogP contribution in [0, 0.1) is 5.92 Å². The molecule has 2 rings (SSSR count). The summed E-state index contributed by atoms with van der Waals surface area (Å²) >= 11 is 3.31. The van der Waals surface area contributed by atoms with E-state index in [2.05, 4.69) is 26.3 Å². The number of nitrogens with zero attached hydrogens (tertiary/aromatic N) is 3. The minimum atomic E-state index is -0.769. The van der Waals surface area contributed by atoms with Crippen LogP contribution in [0.5, 0.6) is 0 Å². The van der Waals surface area contributed by atoms with Gasteiger partial charge in [0.2, 0.25) is 0 Å². The number of carbonyl (C=O) groups excluding carboxylic acids is 1. The van der Waals surface area contributed by atoms with Gasteiger partial charge in [-0.1, -0.05) is 0 Å². The SMILES string of the molecule is O=C(O)C1CCN(C(=O)NCCn2cc(Br)cn2)CC1. The first-order valence-corrected chi connectivity index (χ1v) is 7.29. The lowest BCUT2D eigenvalue weighted by Gasteiger charge is -2.30. The molecule has 0 bridgehead atoms. The van der Waals surface area contributed by atoms with Gasteiger partial charge in [0.15, 0.2) is 0 Å². The van der Waals surface area contributed by atoms with Crippen LogP contribution in [-0.4, -0.2) is 51.4 Å². The van der Waals surface area contributed by atoms with Gasteiger partial charge in [0, 0.05) is 25.8 Å². The second-order valence-corrected chi connectivity index (χ2v) is 5.67. The second-order valence-electron chi connectivity index (χ2n) is 4.75. The summed E-state index contributed by atoms with van der Waals surface area (Å²) in [5.74, 6) is -1.09. The summed E-state index contributed by atoms with van der Waals surface area (Å²) in [6, 6.07) is -0.139. The van der Waals surface area contributed by atoms with E-state index in [-0.39, 0.29) is 11.9 Å². The molecule has 0 saturated carbocycles. The van der Waals surface area contributed by atoms with Crippen LogP contribution in [0.15, 0.2) is 16.9 Å². The number of aromatic nitrogens is 2. The van der Waals surface area contributed by atoms with E-state index in [9.17, 15) is 9.59 Å². The van der Waals surface area contributed by atoms with Gasteiger partial charge in [-0.3, -0.25) is 9.48 Å². The van der Waals surface area contributed by atoms with Gasteiger partial charge in [-0.2, -0.15) is 5.10 Å². The molecule has 0 aromatic carbocycles. The minimum Gasteiger partial charge on any atom is -0.481 e. The summed E-state index contributed by atoms with van der Waals surface area (Å²) in [7, 11) is 0. The zero-order valence-corrected chi connectivity index (χ0v) is 12.5. The highest BCUT2D eigenvalue weighted by atomic mass is 79.9. The fourth-order valence-corrected chi connectivity index (χ4v) is 2.51. The first kappa shape index (κ1) is 14.8. The van der Waals surface area contributed by atoms with Crippen LogP contribution < -0.4 is 5.32 Å². The molecule has 0 aliphatic carbocycles. The number of amides is 2. The number of nitrogens with one attached hydrogen (secondary N) is 1. The number of rotatable bonds is 4. The molecule has 2 amide bonds. The van der Waals surface area contributed by atoms with Gasteiger partial charge in [0.1, 0.15) is 0 Å². The number of piperidine rings is 1. The molecule has 2 heterocycles. The van der Waals surface area contributed by atoms with E-state index in [0.717, 1.165) is 4.47 Å². The standard InChI is InChI=1S/C12H17BrN4O3/c13-10-7-15-17(8-10)6-3-14-12(20)16-4-1-9(2-5-16)11(18)19/h7-9H,1-6H2,(H,14,20)(H,18,19). The molecule has 7 nitrogen and oxygen atoms in total. The molecule has 8 heteroatoms. The van der Waals surface area contributed by atoms with Crippen LogP contribution in [0.1, 0.15) is 12.8 Å². The highest BCUT2D eigenvalue weighted by molar-refractivity contribution is 9.10. The number of aliphatic carboxylic acids is 1. The maximum atomic E-state index is 11.9. The molecule has 2 N–H and O–H groups in total. The number of urea groups is 1.